The average Bonchev–Trinajstić information content (AvgIpc) is 2.26. The molecule has 0 unspecified atom stereocenters. The number of benzene rings is 1. The molecule has 0 aliphatic carbocycles. The zero-order chi connectivity index (χ0) is 10.9. The maximum Gasteiger partial charge on any atom is 0.219 e. The Morgan fingerprint density at radius 3 is 2.67 bits per heavy atom. The second-order valence-corrected chi connectivity index (χ2v) is 3.69. The van der Waals surface area contributed by atoms with Gasteiger partial charge in [0.05, 0.1) is 0 Å². The molecule has 0 spiro atoms. The van der Waals surface area contributed by atoms with Gasteiger partial charge in [-0.3, -0.25) is 4.79 Å². The SMILES string of the molecule is CCCC(=O)NCCCc1ccccc1. The minimum Gasteiger partial charge on any atom is -0.356 e. The molecule has 1 N–H and O–H groups in total. The molecule has 2 heteroatoms. The standard InChI is InChI=1S/C13H19NO/c1-2-7-13(15)14-11-6-10-12-8-4-3-5-9-12/h3-5,8-9H,2,6-7,10-11H2,1H3,(H,14,15). The third kappa shape index (κ3) is 5.21. The van der Waals surface area contributed by atoms with Crippen molar-refractivity contribution in [1.29, 1.82) is 0 Å². The summed E-state index contributed by atoms with van der Waals surface area (Å²) in [6.45, 7) is 2.80. The van der Waals surface area contributed by atoms with E-state index in [2.05, 4.69) is 17.4 Å². The van der Waals surface area contributed by atoms with Crippen molar-refractivity contribution in [2.24, 2.45) is 0 Å². The van der Waals surface area contributed by atoms with Crippen LogP contribution in [0.25, 0.3) is 0 Å². The minimum atomic E-state index is 0.172. The lowest BCUT2D eigenvalue weighted by Gasteiger charge is -2.04. The molecular formula is C13H19NO. The van der Waals surface area contributed by atoms with Crippen molar-refractivity contribution in [2.75, 3.05) is 6.54 Å². The van der Waals surface area contributed by atoms with Gasteiger partial charge in [-0.05, 0) is 24.8 Å². The fourth-order valence-electron chi connectivity index (χ4n) is 1.48. The molecule has 0 aliphatic heterocycles. The molecule has 0 saturated carbocycles. The van der Waals surface area contributed by atoms with Crippen molar-refractivity contribution in [1.82, 2.24) is 5.32 Å². The maximum absolute atomic E-state index is 11.1. The van der Waals surface area contributed by atoms with Gasteiger partial charge in [-0.15, -0.1) is 0 Å². The first-order valence-corrected chi connectivity index (χ1v) is 5.63. The Labute approximate surface area is 91.7 Å². The lowest BCUT2D eigenvalue weighted by atomic mass is 10.1. The summed E-state index contributed by atoms with van der Waals surface area (Å²) in [6.07, 6.45) is 3.61. The summed E-state index contributed by atoms with van der Waals surface area (Å²) in [5, 5.41) is 2.91. The van der Waals surface area contributed by atoms with Crippen LogP contribution in [0.15, 0.2) is 30.3 Å². The Kier molecular flexibility index (Phi) is 5.52. The largest absolute Gasteiger partial charge is 0.356 e. The van der Waals surface area contributed by atoms with Gasteiger partial charge in [0.1, 0.15) is 0 Å². The number of hydrogen-bond acceptors (Lipinski definition) is 1. The predicted octanol–water partition coefficient (Wildman–Crippen LogP) is 2.54. The minimum absolute atomic E-state index is 0.172. The summed E-state index contributed by atoms with van der Waals surface area (Å²) in [4.78, 5) is 11.1. The zero-order valence-corrected chi connectivity index (χ0v) is 9.33. The van der Waals surface area contributed by atoms with Crippen LogP contribution in [0.2, 0.25) is 0 Å². The highest BCUT2D eigenvalue weighted by Crippen LogP contribution is 2.01. The third-order valence-corrected chi connectivity index (χ3v) is 2.28. The maximum atomic E-state index is 11.1. The van der Waals surface area contributed by atoms with Crippen LogP contribution in [-0.4, -0.2) is 12.5 Å². The molecule has 2 nitrogen and oxygen atoms in total. The Morgan fingerprint density at radius 1 is 1.27 bits per heavy atom. The number of carbonyl (C=O) groups is 1. The van der Waals surface area contributed by atoms with E-state index in [1.54, 1.807) is 0 Å². The first kappa shape index (κ1) is 11.8. The number of aryl methyl sites for hydroxylation is 1. The second-order valence-electron chi connectivity index (χ2n) is 3.69. The molecular weight excluding hydrogens is 186 g/mol. The van der Waals surface area contributed by atoms with Crippen molar-refractivity contribution in [3.8, 4) is 0 Å². The Hall–Kier alpha value is -1.31. The van der Waals surface area contributed by atoms with Gasteiger partial charge in [0, 0.05) is 13.0 Å². The first-order valence-electron chi connectivity index (χ1n) is 5.63. The van der Waals surface area contributed by atoms with Crippen molar-refractivity contribution in [2.45, 2.75) is 32.6 Å². The Morgan fingerprint density at radius 2 is 2.00 bits per heavy atom. The molecule has 0 atom stereocenters. The van der Waals surface area contributed by atoms with Crippen LogP contribution >= 0.6 is 0 Å². The highest BCUT2D eigenvalue weighted by molar-refractivity contribution is 5.75. The number of hydrogen-bond donors (Lipinski definition) is 1. The van der Waals surface area contributed by atoms with Gasteiger partial charge in [-0.2, -0.15) is 0 Å². The molecule has 1 aromatic carbocycles. The van der Waals surface area contributed by atoms with Crippen LogP contribution in [0.1, 0.15) is 31.7 Å². The van der Waals surface area contributed by atoms with E-state index >= 15 is 0 Å². The molecule has 1 rings (SSSR count). The van der Waals surface area contributed by atoms with Gasteiger partial charge < -0.3 is 5.32 Å². The van der Waals surface area contributed by atoms with Crippen molar-refractivity contribution < 1.29 is 4.79 Å². The Bertz CT molecular complexity index is 282. The summed E-state index contributed by atoms with van der Waals surface area (Å²) in [6, 6.07) is 10.4. The average molecular weight is 205 g/mol. The molecule has 15 heavy (non-hydrogen) atoms. The van der Waals surface area contributed by atoms with Crippen LogP contribution in [0.5, 0.6) is 0 Å². The highest BCUT2D eigenvalue weighted by Gasteiger charge is 1.97. The van der Waals surface area contributed by atoms with Gasteiger partial charge in [0.15, 0.2) is 0 Å². The predicted molar refractivity (Wildman–Crippen MR) is 62.7 cm³/mol. The van der Waals surface area contributed by atoms with E-state index in [1.165, 1.54) is 5.56 Å². The van der Waals surface area contributed by atoms with Gasteiger partial charge >= 0.3 is 0 Å². The topological polar surface area (TPSA) is 29.1 Å². The molecule has 82 valence electrons. The van der Waals surface area contributed by atoms with Crippen LogP contribution in [0.3, 0.4) is 0 Å². The van der Waals surface area contributed by atoms with E-state index in [4.69, 9.17) is 0 Å². The smallest absolute Gasteiger partial charge is 0.219 e. The highest BCUT2D eigenvalue weighted by atomic mass is 16.1. The van der Waals surface area contributed by atoms with E-state index in [0.717, 1.165) is 25.8 Å². The monoisotopic (exact) mass is 205 g/mol. The van der Waals surface area contributed by atoms with Gasteiger partial charge in [0.25, 0.3) is 0 Å². The molecule has 0 radical (unpaired) electrons. The Balaban J connectivity index is 2.10. The van der Waals surface area contributed by atoms with Gasteiger partial charge in [-0.25, -0.2) is 0 Å². The summed E-state index contributed by atoms with van der Waals surface area (Å²) in [5.41, 5.74) is 1.34. The first-order chi connectivity index (χ1) is 7.33. The summed E-state index contributed by atoms with van der Waals surface area (Å²) in [5.74, 6) is 0.172. The third-order valence-electron chi connectivity index (χ3n) is 2.28. The van der Waals surface area contributed by atoms with E-state index in [0.29, 0.717) is 6.42 Å². The van der Waals surface area contributed by atoms with Crippen molar-refractivity contribution in [3.63, 3.8) is 0 Å². The fraction of sp³-hybridized carbons (Fsp3) is 0.462. The molecule has 0 aliphatic rings. The van der Waals surface area contributed by atoms with Crippen LogP contribution in [0, 0.1) is 0 Å². The quantitative estimate of drug-likeness (QED) is 0.710. The van der Waals surface area contributed by atoms with E-state index in [-0.39, 0.29) is 5.91 Å². The van der Waals surface area contributed by atoms with Gasteiger partial charge in [0.2, 0.25) is 5.91 Å². The zero-order valence-electron chi connectivity index (χ0n) is 9.33. The summed E-state index contributed by atoms with van der Waals surface area (Å²) in [7, 11) is 0. The van der Waals surface area contributed by atoms with Crippen LogP contribution in [0.4, 0.5) is 0 Å². The number of amides is 1. The summed E-state index contributed by atoms with van der Waals surface area (Å²) >= 11 is 0. The van der Waals surface area contributed by atoms with E-state index in [1.807, 2.05) is 25.1 Å². The molecule has 0 fully saturated rings. The second kappa shape index (κ2) is 7.04. The normalized spacial score (nSPS) is 9.93. The molecule has 0 saturated heterocycles. The lowest BCUT2D eigenvalue weighted by Crippen LogP contribution is -2.24. The molecule has 1 amide bonds. The number of carbonyl (C=O) groups excluding carboxylic acids is 1. The van der Waals surface area contributed by atoms with E-state index < -0.39 is 0 Å². The van der Waals surface area contributed by atoms with Crippen molar-refractivity contribution >= 4 is 5.91 Å². The van der Waals surface area contributed by atoms with Crippen LogP contribution in [-0.2, 0) is 11.2 Å². The van der Waals surface area contributed by atoms with Crippen molar-refractivity contribution in [3.05, 3.63) is 35.9 Å². The number of nitrogens with one attached hydrogen (secondary N) is 1. The molecule has 1 aromatic rings. The number of rotatable bonds is 6. The summed E-state index contributed by atoms with van der Waals surface area (Å²) < 4.78 is 0. The molecule has 0 bridgehead atoms. The van der Waals surface area contributed by atoms with Crippen LogP contribution < -0.4 is 5.32 Å². The van der Waals surface area contributed by atoms with E-state index in [9.17, 15) is 4.79 Å². The molecule has 0 heterocycles. The molecule has 0 aromatic heterocycles. The lowest BCUT2D eigenvalue weighted by molar-refractivity contribution is -0.121. The fourth-order valence-corrected chi connectivity index (χ4v) is 1.48. The van der Waals surface area contributed by atoms with Gasteiger partial charge in [-0.1, -0.05) is 37.3 Å².